The molecule has 0 aromatic heterocycles. The molecule has 0 radical (unpaired) electrons. The molecule has 1 aromatic rings. The fraction of sp³-hybridized carbons (Fsp3) is 0.167. The number of anilines is 1. The lowest BCUT2D eigenvalue weighted by atomic mass is 10.1. The molecule has 0 aliphatic heterocycles. The van der Waals surface area contributed by atoms with Crippen LogP contribution in [0.1, 0.15) is 12.8 Å². The van der Waals surface area contributed by atoms with Gasteiger partial charge in [-0.05, 0) is 36.4 Å². The van der Waals surface area contributed by atoms with Crippen molar-refractivity contribution in [2.45, 2.75) is 12.8 Å². The Kier molecular flexibility index (Phi) is 2.72. The van der Waals surface area contributed by atoms with Gasteiger partial charge in [0.25, 0.3) is 0 Å². The van der Waals surface area contributed by atoms with Crippen molar-refractivity contribution in [1.82, 2.24) is 0 Å². The Morgan fingerprint density at radius 1 is 1.07 bits per heavy atom. The topological polar surface area (TPSA) is 35.2 Å². The van der Waals surface area contributed by atoms with Crippen LogP contribution in [0.2, 0.25) is 0 Å². The molecular weight excluding hydrogens is 193 g/mol. The second kappa shape index (κ2) is 4.17. The van der Waals surface area contributed by atoms with Crippen molar-refractivity contribution in [3.05, 3.63) is 48.0 Å². The monoisotopic (exact) mass is 205 g/mol. The van der Waals surface area contributed by atoms with Crippen LogP contribution in [0.3, 0.4) is 0 Å². The molecule has 2 rings (SSSR count). The lowest BCUT2D eigenvalue weighted by Crippen LogP contribution is -1.99. The second-order valence-corrected chi connectivity index (χ2v) is 3.42. The van der Waals surface area contributed by atoms with E-state index in [-0.39, 0.29) is 5.83 Å². The van der Waals surface area contributed by atoms with E-state index in [0.29, 0.717) is 18.5 Å². The standard InChI is InChI=1S/C12H12FNO/c13-9-1-5-11(6-2-9)15-12-7-3-10(14)4-8-12/h1,3-5,7-8H,2,6,14H2. The molecule has 3 heteroatoms. The Bertz CT molecular complexity index is 406. The van der Waals surface area contributed by atoms with Crippen molar-refractivity contribution in [3.63, 3.8) is 0 Å². The summed E-state index contributed by atoms with van der Waals surface area (Å²) in [6.07, 6.45) is 4.12. The number of ether oxygens (including phenoxy) is 1. The summed E-state index contributed by atoms with van der Waals surface area (Å²) >= 11 is 0. The zero-order valence-corrected chi connectivity index (χ0v) is 8.24. The van der Waals surface area contributed by atoms with Gasteiger partial charge in [-0.3, -0.25) is 0 Å². The summed E-state index contributed by atoms with van der Waals surface area (Å²) in [6.45, 7) is 0. The zero-order valence-electron chi connectivity index (χ0n) is 8.24. The van der Waals surface area contributed by atoms with Crippen molar-refractivity contribution >= 4 is 5.69 Å². The van der Waals surface area contributed by atoms with Crippen LogP contribution < -0.4 is 10.5 Å². The summed E-state index contributed by atoms with van der Waals surface area (Å²) in [6, 6.07) is 7.14. The molecule has 78 valence electrons. The molecule has 0 amide bonds. The highest BCUT2D eigenvalue weighted by Gasteiger charge is 2.07. The van der Waals surface area contributed by atoms with Crippen molar-refractivity contribution in [2.75, 3.05) is 5.73 Å². The molecular formula is C12H12FNO. The molecule has 15 heavy (non-hydrogen) atoms. The van der Waals surface area contributed by atoms with Crippen LogP contribution in [-0.4, -0.2) is 0 Å². The molecule has 1 aromatic carbocycles. The van der Waals surface area contributed by atoms with E-state index in [9.17, 15) is 4.39 Å². The number of nitrogen functional groups attached to an aromatic ring is 1. The summed E-state index contributed by atoms with van der Waals surface area (Å²) in [7, 11) is 0. The number of allylic oxidation sites excluding steroid dienone is 4. The summed E-state index contributed by atoms with van der Waals surface area (Å²) in [4.78, 5) is 0. The predicted molar refractivity (Wildman–Crippen MR) is 58.0 cm³/mol. The maximum Gasteiger partial charge on any atom is 0.127 e. The largest absolute Gasteiger partial charge is 0.462 e. The van der Waals surface area contributed by atoms with Crippen LogP contribution in [0.4, 0.5) is 10.1 Å². The number of hydrogen-bond donors (Lipinski definition) is 1. The van der Waals surface area contributed by atoms with Crippen molar-refractivity contribution in [1.29, 1.82) is 0 Å². The molecule has 1 aliphatic carbocycles. The Morgan fingerprint density at radius 3 is 2.40 bits per heavy atom. The van der Waals surface area contributed by atoms with Crippen molar-refractivity contribution in [3.8, 4) is 5.75 Å². The van der Waals surface area contributed by atoms with E-state index in [0.717, 1.165) is 11.5 Å². The van der Waals surface area contributed by atoms with E-state index < -0.39 is 0 Å². The van der Waals surface area contributed by atoms with Crippen LogP contribution in [-0.2, 0) is 0 Å². The first-order chi connectivity index (χ1) is 7.24. The average molecular weight is 205 g/mol. The highest BCUT2D eigenvalue weighted by atomic mass is 19.1. The molecule has 0 saturated heterocycles. The van der Waals surface area contributed by atoms with Gasteiger partial charge in [-0.25, -0.2) is 4.39 Å². The third kappa shape index (κ3) is 2.59. The Hall–Kier alpha value is -1.77. The second-order valence-electron chi connectivity index (χ2n) is 3.42. The molecule has 0 bridgehead atoms. The van der Waals surface area contributed by atoms with Gasteiger partial charge in [-0.1, -0.05) is 0 Å². The molecule has 1 aliphatic rings. The molecule has 0 saturated carbocycles. The van der Waals surface area contributed by atoms with Crippen molar-refractivity contribution < 1.29 is 9.13 Å². The summed E-state index contributed by atoms with van der Waals surface area (Å²) in [5, 5.41) is 0. The van der Waals surface area contributed by atoms with Crippen LogP contribution in [0.25, 0.3) is 0 Å². The number of halogens is 1. The highest BCUT2D eigenvalue weighted by Crippen LogP contribution is 2.23. The van der Waals surface area contributed by atoms with Crippen LogP contribution in [0.15, 0.2) is 48.0 Å². The smallest absolute Gasteiger partial charge is 0.127 e. The average Bonchev–Trinajstić information content (AvgIpc) is 2.25. The first-order valence-corrected chi connectivity index (χ1v) is 4.83. The van der Waals surface area contributed by atoms with Gasteiger partial charge in [-0.15, -0.1) is 0 Å². The summed E-state index contributed by atoms with van der Waals surface area (Å²) in [5.41, 5.74) is 6.25. The summed E-state index contributed by atoms with van der Waals surface area (Å²) < 4.78 is 18.2. The van der Waals surface area contributed by atoms with E-state index in [1.165, 1.54) is 6.08 Å². The van der Waals surface area contributed by atoms with E-state index in [1.807, 2.05) is 0 Å². The minimum atomic E-state index is -0.0975. The number of rotatable bonds is 2. The Labute approximate surface area is 87.9 Å². The lowest BCUT2D eigenvalue weighted by molar-refractivity contribution is 0.392. The van der Waals surface area contributed by atoms with Gasteiger partial charge in [-0.2, -0.15) is 0 Å². The normalized spacial score (nSPS) is 15.5. The van der Waals surface area contributed by atoms with Gasteiger partial charge >= 0.3 is 0 Å². The highest BCUT2D eigenvalue weighted by molar-refractivity contribution is 5.42. The number of nitrogens with two attached hydrogens (primary N) is 1. The van der Waals surface area contributed by atoms with Crippen molar-refractivity contribution in [2.24, 2.45) is 0 Å². The van der Waals surface area contributed by atoms with Gasteiger partial charge in [0.15, 0.2) is 0 Å². The van der Waals surface area contributed by atoms with Gasteiger partial charge in [0, 0.05) is 18.5 Å². The molecule has 2 nitrogen and oxygen atoms in total. The van der Waals surface area contributed by atoms with Gasteiger partial charge in [0.05, 0.1) is 0 Å². The van der Waals surface area contributed by atoms with Crippen LogP contribution in [0, 0.1) is 0 Å². The van der Waals surface area contributed by atoms with E-state index in [4.69, 9.17) is 10.5 Å². The molecule has 0 unspecified atom stereocenters. The van der Waals surface area contributed by atoms with E-state index in [2.05, 4.69) is 0 Å². The Balaban J connectivity index is 2.06. The van der Waals surface area contributed by atoms with Gasteiger partial charge in [0.2, 0.25) is 0 Å². The minimum absolute atomic E-state index is 0.0975. The minimum Gasteiger partial charge on any atom is -0.462 e. The molecule has 0 atom stereocenters. The molecule has 2 N–H and O–H groups in total. The van der Waals surface area contributed by atoms with Crippen LogP contribution >= 0.6 is 0 Å². The first-order valence-electron chi connectivity index (χ1n) is 4.83. The maximum atomic E-state index is 12.7. The Morgan fingerprint density at radius 2 is 1.80 bits per heavy atom. The predicted octanol–water partition coefficient (Wildman–Crippen LogP) is 3.18. The third-order valence-corrected chi connectivity index (χ3v) is 2.19. The van der Waals surface area contributed by atoms with Gasteiger partial charge < -0.3 is 10.5 Å². The summed E-state index contributed by atoms with van der Waals surface area (Å²) in [5.74, 6) is 1.41. The quantitative estimate of drug-likeness (QED) is 0.752. The lowest BCUT2D eigenvalue weighted by Gasteiger charge is -2.12. The maximum absolute atomic E-state index is 12.7. The fourth-order valence-corrected chi connectivity index (χ4v) is 1.36. The van der Waals surface area contributed by atoms with Crippen LogP contribution in [0.5, 0.6) is 5.75 Å². The molecule has 0 spiro atoms. The number of hydrogen-bond acceptors (Lipinski definition) is 2. The van der Waals surface area contributed by atoms with E-state index in [1.54, 1.807) is 30.3 Å². The van der Waals surface area contributed by atoms with Gasteiger partial charge in [0.1, 0.15) is 17.3 Å². The number of benzene rings is 1. The fourth-order valence-electron chi connectivity index (χ4n) is 1.36. The molecule has 0 heterocycles. The molecule has 0 fully saturated rings. The first kappa shape index (κ1) is 9.77. The zero-order chi connectivity index (χ0) is 10.7. The van der Waals surface area contributed by atoms with E-state index >= 15 is 0 Å². The third-order valence-electron chi connectivity index (χ3n) is 2.19. The SMILES string of the molecule is Nc1ccc(OC2=CC=C(F)CC2)cc1.